The number of hydrogen-bond donors (Lipinski definition) is 1. The first-order chi connectivity index (χ1) is 10.8. The van der Waals surface area contributed by atoms with E-state index >= 15 is 0 Å². The summed E-state index contributed by atoms with van der Waals surface area (Å²) in [6.07, 6.45) is 0. The molecule has 0 aliphatic heterocycles. The molecule has 0 heterocycles. The highest BCUT2D eigenvalue weighted by atomic mass is 32.2. The normalized spacial score (nSPS) is 23.5. The van der Waals surface area contributed by atoms with E-state index in [1.54, 1.807) is 18.2 Å². The standard InChI is InChI=1S/C17H15FO4S/c1-10-5-7-13(8-6-10)23(21,22)16-14(15(16)17(19)20)11-3-2-4-12(18)9-11/h2-9,14-16H,1H3,(H,19,20)/t14-,15+,16+/m0/s1. The van der Waals surface area contributed by atoms with Crippen LogP contribution in [-0.4, -0.2) is 24.7 Å². The third-order valence-corrected chi connectivity index (χ3v) is 6.41. The molecule has 3 atom stereocenters. The summed E-state index contributed by atoms with van der Waals surface area (Å²) in [6.45, 7) is 1.84. The monoisotopic (exact) mass is 334 g/mol. The molecule has 1 fully saturated rings. The summed E-state index contributed by atoms with van der Waals surface area (Å²) < 4.78 is 38.8. The first-order valence-corrected chi connectivity index (χ1v) is 8.66. The van der Waals surface area contributed by atoms with Crippen molar-refractivity contribution in [2.45, 2.75) is 23.0 Å². The molecule has 1 aliphatic carbocycles. The molecule has 0 aromatic heterocycles. The molecule has 4 nitrogen and oxygen atoms in total. The minimum Gasteiger partial charge on any atom is -0.481 e. The van der Waals surface area contributed by atoms with Crippen molar-refractivity contribution in [2.24, 2.45) is 5.92 Å². The number of hydrogen-bond acceptors (Lipinski definition) is 3. The molecule has 1 saturated carbocycles. The molecule has 2 aromatic rings. The molecule has 1 aliphatic rings. The fraction of sp³-hybridized carbons (Fsp3) is 0.235. The van der Waals surface area contributed by atoms with Crippen molar-refractivity contribution < 1.29 is 22.7 Å². The van der Waals surface area contributed by atoms with Gasteiger partial charge in [-0.2, -0.15) is 0 Å². The van der Waals surface area contributed by atoms with Gasteiger partial charge in [0.25, 0.3) is 0 Å². The number of aliphatic carboxylic acids is 1. The van der Waals surface area contributed by atoms with Gasteiger partial charge in [0.1, 0.15) is 5.82 Å². The Morgan fingerprint density at radius 2 is 1.78 bits per heavy atom. The van der Waals surface area contributed by atoms with E-state index in [4.69, 9.17) is 0 Å². The van der Waals surface area contributed by atoms with Crippen LogP contribution >= 0.6 is 0 Å². The van der Waals surface area contributed by atoms with E-state index in [1.165, 1.54) is 30.3 Å². The van der Waals surface area contributed by atoms with Gasteiger partial charge in [-0.3, -0.25) is 4.79 Å². The maximum Gasteiger partial charge on any atom is 0.308 e. The van der Waals surface area contributed by atoms with Crippen LogP contribution in [-0.2, 0) is 14.6 Å². The molecule has 0 radical (unpaired) electrons. The van der Waals surface area contributed by atoms with Gasteiger partial charge >= 0.3 is 5.97 Å². The van der Waals surface area contributed by atoms with E-state index < -0.39 is 38.7 Å². The van der Waals surface area contributed by atoms with Crippen LogP contribution in [0.3, 0.4) is 0 Å². The molecule has 23 heavy (non-hydrogen) atoms. The second kappa shape index (κ2) is 5.45. The summed E-state index contributed by atoms with van der Waals surface area (Å²) >= 11 is 0. The smallest absolute Gasteiger partial charge is 0.308 e. The summed E-state index contributed by atoms with van der Waals surface area (Å²) in [5.41, 5.74) is 1.31. The summed E-state index contributed by atoms with van der Waals surface area (Å²) in [6, 6.07) is 11.8. The molecule has 120 valence electrons. The quantitative estimate of drug-likeness (QED) is 0.933. The number of sulfone groups is 1. The zero-order valence-electron chi connectivity index (χ0n) is 12.3. The maximum absolute atomic E-state index is 13.4. The second-order valence-electron chi connectivity index (χ2n) is 5.77. The van der Waals surface area contributed by atoms with Gasteiger partial charge in [0.05, 0.1) is 16.1 Å². The van der Waals surface area contributed by atoms with Crippen molar-refractivity contribution in [1.29, 1.82) is 0 Å². The zero-order valence-corrected chi connectivity index (χ0v) is 13.1. The van der Waals surface area contributed by atoms with Crippen LogP contribution < -0.4 is 0 Å². The van der Waals surface area contributed by atoms with Crippen LogP contribution in [0.1, 0.15) is 17.0 Å². The topological polar surface area (TPSA) is 71.4 Å². The fourth-order valence-corrected chi connectivity index (χ4v) is 5.08. The summed E-state index contributed by atoms with van der Waals surface area (Å²) in [5.74, 6) is -3.47. The van der Waals surface area contributed by atoms with Crippen LogP contribution in [0.25, 0.3) is 0 Å². The predicted molar refractivity (Wildman–Crippen MR) is 82.4 cm³/mol. The van der Waals surface area contributed by atoms with Gasteiger partial charge < -0.3 is 5.11 Å². The lowest BCUT2D eigenvalue weighted by molar-refractivity contribution is -0.138. The molecule has 1 N–H and O–H groups in total. The average Bonchev–Trinajstić information content (AvgIpc) is 3.24. The highest BCUT2D eigenvalue weighted by Gasteiger charge is 2.63. The van der Waals surface area contributed by atoms with Gasteiger partial charge in [-0.1, -0.05) is 29.8 Å². The van der Waals surface area contributed by atoms with Crippen molar-refractivity contribution in [3.63, 3.8) is 0 Å². The zero-order chi connectivity index (χ0) is 16.8. The van der Waals surface area contributed by atoms with Crippen LogP contribution in [0.2, 0.25) is 0 Å². The molecule has 0 unspecified atom stereocenters. The van der Waals surface area contributed by atoms with Crippen LogP contribution in [0.4, 0.5) is 4.39 Å². The minimum atomic E-state index is -3.79. The van der Waals surface area contributed by atoms with E-state index in [9.17, 15) is 22.7 Å². The Morgan fingerprint density at radius 3 is 2.35 bits per heavy atom. The van der Waals surface area contributed by atoms with Crippen molar-refractivity contribution in [3.8, 4) is 0 Å². The Labute approximate surface area is 133 Å². The molecule has 3 rings (SSSR count). The molecular formula is C17H15FO4S. The van der Waals surface area contributed by atoms with Crippen LogP contribution in [0.15, 0.2) is 53.4 Å². The molecule has 2 aromatic carbocycles. The number of halogens is 1. The number of benzene rings is 2. The Balaban J connectivity index is 2.00. The van der Waals surface area contributed by atoms with E-state index in [1.807, 2.05) is 6.92 Å². The number of aryl methyl sites for hydroxylation is 1. The average molecular weight is 334 g/mol. The Bertz CT molecular complexity index is 858. The number of carbonyl (C=O) groups is 1. The molecule has 0 amide bonds. The van der Waals surface area contributed by atoms with E-state index in [0.717, 1.165) is 5.56 Å². The lowest BCUT2D eigenvalue weighted by Gasteiger charge is -2.05. The predicted octanol–water partition coefficient (Wildman–Crippen LogP) is 2.77. The Morgan fingerprint density at radius 1 is 1.13 bits per heavy atom. The van der Waals surface area contributed by atoms with Crippen molar-refractivity contribution in [3.05, 3.63) is 65.5 Å². The number of rotatable bonds is 4. The fourth-order valence-electron chi connectivity index (χ4n) is 2.96. The lowest BCUT2D eigenvalue weighted by atomic mass is 10.1. The van der Waals surface area contributed by atoms with Gasteiger partial charge in [-0.15, -0.1) is 0 Å². The van der Waals surface area contributed by atoms with Gasteiger partial charge in [0.15, 0.2) is 9.84 Å². The number of carboxylic acid groups (broad SMARTS) is 1. The van der Waals surface area contributed by atoms with Gasteiger partial charge in [-0.05, 0) is 36.8 Å². The minimum absolute atomic E-state index is 0.0956. The highest BCUT2D eigenvalue weighted by molar-refractivity contribution is 7.92. The molecular weight excluding hydrogens is 319 g/mol. The maximum atomic E-state index is 13.4. The van der Waals surface area contributed by atoms with E-state index in [2.05, 4.69) is 0 Å². The molecule has 0 bridgehead atoms. The third kappa shape index (κ3) is 2.74. The van der Waals surface area contributed by atoms with Crippen LogP contribution in [0.5, 0.6) is 0 Å². The largest absolute Gasteiger partial charge is 0.481 e. The molecule has 6 heteroatoms. The first kappa shape index (κ1) is 15.7. The van der Waals surface area contributed by atoms with Gasteiger partial charge in [-0.25, -0.2) is 12.8 Å². The first-order valence-electron chi connectivity index (χ1n) is 7.11. The van der Waals surface area contributed by atoms with Gasteiger partial charge in [0.2, 0.25) is 0 Å². The highest BCUT2D eigenvalue weighted by Crippen LogP contribution is 2.54. The molecule has 0 saturated heterocycles. The third-order valence-electron chi connectivity index (χ3n) is 4.18. The Hall–Kier alpha value is -2.21. The van der Waals surface area contributed by atoms with Gasteiger partial charge in [0, 0.05) is 5.92 Å². The molecule has 0 spiro atoms. The van der Waals surface area contributed by atoms with Crippen molar-refractivity contribution in [1.82, 2.24) is 0 Å². The summed E-state index contributed by atoms with van der Waals surface area (Å²) in [4.78, 5) is 11.5. The SMILES string of the molecule is Cc1ccc(S(=O)(=O)[C@H]2[C@H](C(=O)O)[C@@H]2c2cccc(F)c2)cc1. The lowest BCUT2D eigenvalue weighted by Crippen LogP contribution is -2.13. The number of carboxylic acids is 1. The summed E-state index contributed by atoms with van der Waals surface area (Å²) in [7, 11) is -3.79. The van der Waals surface area contributed by atoms with E-state index in [-0.39, 0.29) is 4.90 Å². The van der Waals surface area contributed by atoms with Crippen LogP contribution in [0, 0.1) is 18.7 Å². The second-order valence-corrected chi connectivity index (χ2v) is 7.87. The Kier molecular flexibility index (Phi) is 3.72. The van der Waals surface area contributed by atoms with Crippen molar-refractivity contribution >= 4 is 15.8 Å². The van der Waals surface area contributed by atoms with E-state index in [0.29, 0.717) is 5.56 Å². The van der Waals surface area contributed by atoms with Crippen molar-refractivity contribution in [2.75, 3.05) is 0 Å². The summed E-state index contributed by atoms with van der Waals surface area (Å²) in [5, 5.41) is 8.26.